The quantitative estimate of drug-likeness (QED) is 0.190. The summed E-state index contributed by atoms with van der Waals surface area (Å²) >= 11 is 0. The Labute approximate surface area is 300 Å². The Kier molecular flexibility index (Phi) is 12.1. The molecule has 2 heterocycles. The Bertz CT molecular complexity index is 1740. The van der Waals surface area contributed by atoms with Crippen molar-refractivity contribution < 1.29 is 29.3 Å². The summed E-state index contributed by atoms with van der Waals surface area (Å²) in [6.07, 6.45) is 23.2. The van der Waals surface area contributed by atoms with Crippen LogP contribution in [-0.2, 0) is 15.0 Å². The normalized spacial score (nSPS) is 24.5. The summed E-state index contributed by atoms with van der Waals surface area (Å²) < 4.78 is 12.8. The summed E-state index contributed by atoms with van der Waals surface area (Å²) in [6, 6.07) is 0. The van der Waals surface area contributed by atoms with E-state index in [2.05, 4.69) is 65.8 Å². The first kappa shape index (κ1) is 38.9. The van der Waals surface area contributed by atoms with Gasteiger partial charge in [0.1, 0.15) is 16.8 Å². The van der Waals surface area contributed by atoms with Gasteiger partial charge in [0.15, 0.2) is 17.3 Å². The number of carbonyl (C=O) groups excluding carboxylic acids is 2. The molecule has 2 aliphatic heterocycles. The maximum absolute atomic E-state index is 14.1. The molecule has 1 aromatic carbocycles. The van der Waals surface area contributed by atoms with Gasteiger partial charge >= 0.3 is 0 Å². The highest BCUT2D eigenvalue weighted by Crippen LogP contribution is 2.61. The Balaban J connectivity index is 1.65. The SMILES string of the molecule is CC(C)=CCC/C(C)=C/CC/C(C)=C/C[C@]12C(=O)C=C(C)C(=O)[C@@]1(O)Oc1c3c(c(O)c(C)c12)O[C@](C)(CC/C=C(\C)CCC=C(C)C)C=C3. The summed E-state index contributed by atoms with van der Waals surface area (Å²) in [6.45, 7) is 19.9. The lowest BCUT2D eigenvalue weighted by Gasteiger charge is -2.40. The first-order valence-electron chi connectivity index (χ1n) is 18.2. The zero-order valence-corrected chi connectivity index (χ0v) is 32.0. The van der Waals surface area contributed by atoms with Crippen LogP contribution in [0.3, 0.4) is 0 Å². The lowest BCUT2D eigenvalue weighted by atomic mass is 9.62. The van der Waals surface area contributed by atoms with Crippen LogP contribution in [-0.4, -0.2) is 33.2 Å². The number of hydrogen-bond donors (Lipinski definition) is 2. The molecule has 0 unspecified atom stereocenters. The molecule has 1 aromatic rings. The van der Waals surface area contributed by atoms with Gasteiger partial charge in [-0.2, -0.15) is 0 Å². The molecule has 1 aliphatic carbocycles. The third-order valence-electron chi connectivity index (χ3n) is 10.4. The maximum Gasteiger partial charge on any atom is 0.290 e. The number of Topliss-reactive ketones (excluding diaryl/α,β-unsaturated/α-hetero) is 1. The third kappa shape index (κ3) is 7.86. The second kappa shape index (κ2) is 15.6. The predicted molar refractivity (Wildman–Crippen MR) is 204 cm³/mol. The summed E-state index contributed by atoms with van der Waals surface area (Å²) in [5, 5.41) is 23.9. The van der Waals surface area contributed by atoms with Gasteiger partial charge in [0.05, 0.1) is 5.56 Å². The molecule has 50 heavy (non-hydrogen) atoms. The highest BCUT2D eigenvalue weighted by molar-refractivity contribution is 6.19. The van der Waals surface area contributed by atoms with Crippen molar-refractivity contribution in [2.24, 2.45) is 0 Å². The second-order valence-electron chi connectivity index (χ2n) is 15.4. The van der Waals surface area contributed by atoms with E-state index >= 15 is 0 Å². The Morgan fingerprint density at radius 1 is 0.760 bits per heavy atom. The summed E-state index contributed by atoms with van der Waals surface area (Å²) in [7, 11) is 0. The largest absolute Gasteiger partial charge is 0.504 e. The van der Waals surface area contributed by atoms with Gasteiger partial charge in [-0.1, -0.05) is 58.2 Å². The first-order valence-corrected chi connectivity index (χ1v) is 18.2. The monoisotopic (exact) mass is 682 g/mol. The Hall–Kier alpha value is -3.90. The van der Waals surface area contributed by atoms with E-state index in [4.69, 9.17) is 9.47 Å². The van der Waals surface area contributed by atoms with E-state index in [1.54, 1.807) is 6.92 Å². The van der Waals surface area contributed by atoms with Gasteiger partial charge in [0.2, 0.25) is 5.78 Å². The fraction of sp³-hybridized carbons (Fsp3) is 0.500. The molecule has 3 atom stereocenters. The zero-order valence-electron chi connectivity index (χ0n) is 32.0. The van der Waals surface area contributed by atoms with Crippen LogP contribution in [0.25, 0.3) is 6.08 Å². The van der Waals surface area contributed by atoms with Crippen molar-refractivity contribution >= 4 is 17.6 Å². The van der Waals surface area contributed by atoms with Crippen molar-refractivity contribution in [3.63, 3.8) is 0 Å². The number of carbonyl (C=O) groups is 2. The minimum Gasteiger partial charge on any atom is -0.504 e. The number of fused-ring (bicyclic) bond motifs is 5. The summed E-state index contributed by atoms with van der Waals surface area (Å²) in [5.41, 5.74) is 5.12. The smallest absolute Gasteiger partial charge is 0.290 e. The van der Waals surface area contributed by atoms with Crippen molar-refractivity contribution in [2.45, 2.75) is 144 Å². The molecule has 0 fully saturated rings. The summed E-state index contributed by atoms with van der Waals surface area (Å²) in [5.74, 6) is -3.21. The molecule has 0 amide bonds. The minimum absolute atomic E-state index is 0.0423. The molecule has 0 saturated heterocycles. The number of phenolic OH excluding ortho intramolecular Hbond substituents is 1. The van der Waals surface area contributed by atoms with Gasteiger partial charge in [0.25, 0.3) is 5.79 Å². The molecular weight excluding hydrogens is 624 g/mol. The van der Waals surface area contributed by atoms with Gasteiger partial charge in [-0.25, -0.2) is 0 Å². The number of aromatic hydroxyl groups is 1. The number of hydrogen-bond acceptors (Lipinski definition) is 6. The number of benzene rings is 1. The summed E-state index contributed by atoms with van der Waals surface area (Å²) in [4.78, 5) is 27.9. The van der Waals surface area contributed by atoms with E-state index in [1.165, 1.54) is 35.3 Å². The molecule has 0 radical (unpaired) electrons. The van der Waals surface area contributed by atoms with E-state index < -0.39 is 28.4 Å². The highest BCUT2D eigenvalue weighted by atomic mass is 16.6. The molecule has 4 rings (SSSR count). The van der Waals surface area contributed by atoms with E-state index in [0.29, 0.717) is 23.1 Å². The van der Waals surface area contributed by atoms with Gasteiger partial charge in [-0.3, -0.25) is 9.59 Å². The molecule has 2 N–H and O–H groups in total. The number of rotatable bonds is 14. The maximum atomic E-state index is 14.1. The minimum atomic E-state index is -2.46. The molecule has 3 aliphatic rings. The second-order valence-corrected chi connectivity index (χ2v) is 15.4. The van der Waals surface area contributed by atoms with Crippen molar-refractivity contribution in [1.82, 2.24) is 0 Å². The fourth-order valence-corrected chi connectivity index (χ4v) is 7.25. The van der Waals surface area contributed by atoms with Crippen molar-refractivity contribution in [1.29, 1.82) is 0 Å². The number of phenols is 1. The van der Waals surface area contributed by atoms with Gasteiger partial charge in [0, 0.05) is 16.7 Å². The van der Waals surface area contributed by atoms with Gasteiger partial charge in [-0.15, -0.1) is 0 Å². The molecule has 6 nitrogen and oxygen atoms in total. The molecule has 270 valence electrons. The van der Waals surface area contributed by atoms with Crippen LogP contribution in [0, 0.1) is 6.92 Å². The van der Waals surface area contributed by atoms with Crippen LogP contribution in [0.1, 0.15) is 137 Å². The molecule has 0 spiro atoms. The molecule has 0 aromatic heterocycles. The van der Waals surface area contributed by atoms with Crippen LogP contribution >= 0.6 is 0 Å². The zero-order chi connectivity index (χ0) is 37.0. The first-order chi connectivity index (χ1) is 23.5. The topological polar surface area (TPSA) is 93.1 Å². The van der Waals surface area contributed by atoms with Crippen LogP contribution < -0.4 is 9.47 Å². The van der Waals surface area contributed by atoms with E-state index in [0.717, 1.165) is 50.5 Å². The van der Waals surface area contributed by atoms with Crippen molar-refractivity contribution in [3.05, 3.63) is 92.7 Å². The number of ether oxygens (including phenoxy) is 2. The predicted octanol–water partition coefficient (Wildman–Crippen LogP) is 10.6. The van der Waals surface area contributed by atoms with Crippen LogP contribution in [0.4, 0.5) is 0 Å². The molecule has 6 heteroatoms. The number of allylic oxidation sites excluding steroid dienone is 11. The number of aliphatic hydroxyl groups is 1. The van der Waals surface area contributed by atoms with Gasteiger partial charge in [-0.05, 0) is 145 Å². The van der Waals surface area contributed by atoms with E-state index in [9.17, 15) is 19.8 Å². The highest BCUT2D eigenvalue weighted by Gasteiger charge is 2.70. The number of ketones is 2. The standard InChI is InChI=1S/C44H58O6/c1-28(2)15-11-17-30(5)19-13-20-32(7)22-26-43-36(45)27-33(8)41(47)44(43,48)50-39-35-23-25-42(10,49-40(35)38(46)34(9)37(39)43)24-14-21-31(6)18-12-16-29(3)4/h15-16,19,21-23,25,27,46,48H,11-14,17-18,20,24,26H2,1-10H3/b30-19+,31-21+,32-22+/t42-,43-,44-/m1/s1. The Morgan fingerprint density at radius 3 is 1.88 bits per heavy atom. The third-order valence-corrected chi connectivity index (χ3v) is 10.4. The molecular formula is C44H58O6. The molecule has 0 bridgehead atoms. The van der Waals surface area contributed by atoms with Crippen LogP contribution in [0.5, 0.6) is 17.2 Å². The van der Waals surface area contributed by atoms with Gasteiger partial charge < -0.3 is 19.7 Å². The lowest BCUT2D eigenvalue weighted by molar-refractivity contribution is -0.188. The fourth-order valence-electron chi connectivity index (χ4n) is 7.25. The average Bonchev–Trinajstić information content (AvgIpc) is 3.32. The van der Waals surface area contributed by atoms with E-state index in [1.807, 2.05) is 32.1 Å². The lowest BCUT2D eigenvalue weighted by Crippen LogP contribution is -2.63. The molecule has 0 saturated carbocycles. The van der Waals surface area contributed by atoms with E-state index in [-0.39, 0.29) is 29.2 Å². The average molecular weight is 683 g/mol. The van der Waals surface area contributed by atoms with Crippen molar-refractivity contribution in [2.75, 3.05) is 0 Å². The Morgan fingerprint density at radius 2 is 1.30 bits per heavy atom. The van der Waals surface area contributed by atoms with Crippen LogP contribution in [0.15, 0.2) is 76.0 Å². The van der Waals surface area contributed by atoms with Crippen molar-refractivity contribution in [3.8, 4) is 17.2 Å². The van der Waals surface area contributed by atoms with Crippen LogP contribution in [0.2, 0.25) is 0 Å².